The zero-order chi connectivity index (χ0) is 11.5. The fraction of sp³-hybridized carbons (Fsp3) is 0.889. The molecule has 1 unspecified atom stereocenters. The van der Waals surface area contributed by atoms with Gasteiger partial charge in [0.05, 0.1) is 12.1 Å². The maximum absolute atomic E-state index is 12.0. The van der Waals surface area contributed by atoms with Crippen LogP contribution in [0.4, 0.5) is 13.2 Å². The Labute approximate surface area is 86.6 Å². The molecule has 3 nitrogen and oxygen atoms in total. The van der Waals surface area contributed by atoms with Crippen LogP contribution in [0.1, 0.15) is 19.8 Å². The zero-order valence-corrected chi connectivity index (χ0v) is 8.59. The van der Waals surface area contributed by atoms with Gasteiger partial charge in [0, 0.05) is 32.0 Å². The maximum Gasteiger partial charge on any atom is 0.390 e. The number of alkyl halides is 3. The Bertz CT molecular complexity index is 240. The van der Waals surface area contributed by atoms with Crippen LogP contribution in [-0.4, -0.2) is 41.6 Å². The molecule has 1 aliphatic rings. The van der Waals surface area contributed by atoms with Crippen molar-refractivity contribution < 1.29 is 18.4 Å². The van der Waals surface area contributed by atoms with Gasteiger partial charge in [-0.25, -0.2) is 0 Å². The molecule has 1 atom stereocenters. The van der Waals surface area contributed by atoms with Gasteiger partial charge in [-0.2, -0.15) is 13.2 Å². The number of nitrogens with zero attached hydrogens (tertiary/aromatic N) is 2. The van der Waals surface area contributed by atoms with Crippen molar-refractivity contribution >= 4 is 5.71 Å². The number of piperidine rings is 1. The Morgan fingerprint density at radius 2 is 2.20 bits per heavy atom. The zero-order valence-electron chi connectivity index (χ0n) is 8.59. The lowest BCUT2D eigenvalue weighted by atomic mass is 9.97. The van der Waals surface area contributed by atoms with Gasteiger partial charge in [0.2, 0.25) is 0 Å². The Morgan fingerprint density at radius 1 is 1.53 bits per heavy atom. The second-order valence-electron chi connectivity index (χ2n) is 3.91. The van der Waals surface area contributed by atoms with Crippen molar-refractivity contribution in [3.05, 3.63) is 0 Å². The van der Waals surface area contributed by atoms with Gasteiger partial charge in [-0.15, -0.1) is 0 Å². The van der Waals surface area contributed by atoms with Crippen molar-refractivity contribution in [3.63, 3.8) is 0 Å². The molecule has 0 saturated carbocycles. The maximum atomic E-state index is 12.0. The summed E-state index contributed by atoms with van der Waals surface area (Å²) in [4.78, 5) is 1.76. The van der Waals surface area contributed by atoms with Crippen LogP contribution in [-0.2, 0) is 0 Å². The third kappa shape index (κ3) is 4.07. The molecule has 1 rings (SSSR count). The largest absolute Gasteiger partial charge is 0.411 e. The van der Waals surface area contributed by atoms with Crippen LogP contribution in [0.3, 0.4) is 0 Å². The van der Waals surface area contributed by atoms with E-state index in [9.17, 15) is 13.2 Å². The lowest BCUT2D eigenvalue weighted by molar-refractivity contribution is -0.138. The van der Waals surface area contributed by atoms with E-state index in [1.165, 1.54) is 0 Å². The molecular weight excluding hydrogens is 209 g/mol. The molecule has 6 heteroatoms. The number of rotatable bonds is 2. The minimum atomic E-state index is -4.09. The molecule has 0 amide bonds. The Kier molecular flexibility index (Phi) is 3.96. The second-order valence-corrected chi connectivity index (χ2v) is 3.91. The molecule has 0 radical (unpaired) electrons. The van der Waals surface area contributed by atoms with E-state index in [-0.39, 0.29) is 12.5 Å². The summed E-state index contributed by atoms with van der Waals surface area (Å²) in [7, 11) is 0. The van der Waals surface area contributed by atoms with E-state index in [0.29, 0.717) is 25.2 Å². The minimum Gasteiger partial charge on any atom is -0.411 e. The lowest BCUT2D eigenvalue weighted by Crippen LogP contribution is -2.41. The van der Waals surface area contributed by atoms with Gasteiger partial charge in [0.1, 0.15) is 0 Å². The molecular formula is C9H15F3N2O. The molecule has 0 aliphatic carbocycles. The van der Waals surface area contributed by atoms with Crippen molar-refractivity contribution in [2.24, 2.45) is 11.1 Å². The predicted molar refractivity (Wildman–Crippen MR) is 50.1 cm³/mol. The average molecular weight is 224 g/mol. The summed E-state index contributed by atoms with van der Waals surface area (Å²) in [6, 6.07) is 0. The first-order valence-electron chi connectivity index (χ1n) is 4.92. The summed E-state index contributed by atoms with van der Waals surface area (Å²) in [6.45, 7) is 2.97. The van der Waals surface area contributed by atoms with Crippen molar-refractivity contribution in [3.8, 4) is 0 Å². The van der Waals surface area contributed by atoms with E-state index in [1.54, 1.807) is 4.90 Å². The van der Waals surface area contributed by atoms with Gasteiger partial charge in [0.25, 0.3) is 0 Å². The fourth-order valence-electron chi connectivity index (χ4n) is 1.74. The van der Waals surface area contributed by atoms with Crippen LogP contribution >= 0.6 is 0 Å². The predicted octanol–water partition coefficient (Wildman–Crippen LogP) is 2.11. The molecule has 1 fully saturated rings. The molecule has 15 heavy (non-hydrogen) atoms. The van der Waals surface area contributed by atoms with Crippen LogP contribution in [0, 0.1) is 5.92 Å². The Morgan fingerprint density at radius 3 is 2.67 bits per heavy atom. The summed E-state index contributed by atoms with van der Waals surface area (Å²) in [5.74, 6) is 0.0389. The molecule has 1 N–H and O–H groups in total. The number of likely N-dealkylation sites (tertiary alicyclic amines) is 1. The van der Waals surface area contributed by atoms with Gasteiger partial charge >= 0.3 is 6.18 Å². The number of hydrogen-bond acceptors (Lipinski definition) is 3. The monoisotopic (exact) mass is 224 g/mol. The summed E-state index contributed by atoms with van der Waals surface area (Å²) in [6.07, 6.45) is -4.31. The summed E-state index contributed by atoms with van der Waals surface area (Å²) >= 11 is 0. The average Bonchev–Trinajstić information content (AvgIpc) is 2.14. The SMILES string of the molecule is CC1CN(CCC(F)(F)F)CCC1=NO. The first kappa shape index (κ1) is 12.3. The normalized spacial score (nSPS) is 27.2. The van der Waals surface area contributed by atoms with Crippen molar-refractivity contribution in [1.82, 2.24) is 4.90 Å². The van der Waals surface area contributed by atoms with E-state index < -0.39 is 12.6 Å². The molecule has 0 aromatic rings. The van der Waals surface area contributed by atoms with Crippen LogP contribution in [0.5, 0.6) is 0 Å². The quantitative estimate of drug-likeness (QED) is 0.576. The third-order valence-electron chi connectivity index (χ3n) is 2.63. The number of oxime groups is 1. The van der Waals surface area contributed by atoms with E-state index in [0.717, 1.165) is 0 Å². The van der Waals surface area contributed by atoms with Crippen molar-refractivity contribution in [2.75, 3.05) is 19.6 Å². The Balaban J connectivity index is 2.35. The molecule has 0 spiro atoms. The molecule has 1 aliphatic heterocycles. The number of halogens is 3. The van der Waals surface area contributed by atoms with Crippen LogP contribution in [0.15, 0.2) is 5.16 Å². The molecule has 88 valence electrons. The highest BCUT2D eigenvalue weighted by atomic mass is 19.4. The highest BCUT2D eigenvalue weighted by molar-refractivity contribution is 5.86. The first-order chi connectivity index (χ1) is 6.92. The fourth-order valence-corrected chi connectivity index (χ4v) is 1.74. The molecule has 1 saturated heterocycles. The summed E-state index contributed by atoms with van der Waals surface area (Å²) < 4.78 is 35.9. The van der Waals surface area contributed by atoms with Gasteiger partial charge in [-0.3, -0.25) is 0 Å². The highest BCUT2D eigenvalue weighted by Gasteiger charge is 2.29. The summed E-state index contributed by atoms with van der Waals surface area (Å²) in [5, 5.41) is 11.7. The van der Waals surface area contributed by atoms with E-state index in [2.05, 4.69) is 5.16 Å². The summed E-state index contributed by atoms with van der Waals surface area (Å²) in [5.41, 5.74) is 0.679. The van der Waals surface area contributed by atoms with Crippen LogP contribution in [0.2, 0.25) is 0 Å². The van der Waals surface area contributed by atoms with E-state index >= 15 is 0 Å². The topological polar surface area (TPSA) is 35.8 Å². The van der Waals surface area contributed by atoms with Gasteiger partial charge < -0.3 is 10.1 Å². The Hall–Kier alpha value is -0.780. The molecule has 0 aromatic carbocycles. The number of hydrogen-bond donors (Lipinski definition) is 1. The van der Waals surface area contributed by atoms with Gasteiger partial charge in [0.15, 0.2) is 0 Å². The van der Waals surface area contributed by atoms with Crippen LogP contribution < -0.4 is 0 Å². The third-order valence-corrected chi connectivity index (χ3v) is 2.63. The van der Waals surface area contributed by atoms with Crippen molar-refractivity contribution in [1.29, 1.82) is 0 Å². The standard InChI is InChI=1S/C9H15F3N2O/c1-7-6-14(4-2-8(7)13-15)5-3-9(10,11)12/h7,15H,2-6H2,1H3. The lowest BCUT2D eigenvalue weighted by Gasteiger charge is -2.31. The minimum absolute atomic E-state index is 0.0343. The molecule has 1 heterocycles. The van der Waals surface area contributed by atoms with Gasteiger partial charge in [-0.1, -0.05) is 12.1 Å². The second kappa shape index (κ2) is 4.83. The van der Waals surface area contributed by atoms with E-state index in [4.69, 9.17) is 5.21 Å². The van der Waals surface area contributed by atoms with Crippen molar-refractivity contribution in [2.45, 2.75) is 25.9 Å². The van der Waals surface area contributed by atoms with Gasteiger partial charge in [-0.05, 0) is 0 Å². The molecule has 0 aromatic heterocycles. The highest BCUT2D eigenvalue weighted by Crippen LogP contribution is 2.21. The smallest absolute Gasteiger partial charge is 0.390 e. The van der Waals surface area contributed by atoms with E-state index in [1.807, 2.05) is 6.92 Å². The van der Waals surface area contributed by atoms with Crippen LogP contribution in [0.25, 0.3) is 0 Å². The molecule has 0 bridgehead atoms. The first-order valence-corrected chi connectivity index (χ1v) is 4.92.